The second-order valence-electron chi connectivity index (χ2n) is 4.68. The molecule has 0 aromatic heterocycles. The van der Waals surface area contributed by atoms with E-state index >= 15 is 0 Å². The van der Waals surface area contributed by atoms with Crippen molar-refractivity contribution in [3.05, 3.63) is 53.6 Å². The molecule has 0 unspecified atom stereocenters. The summed E-state index contributed by atoms with van der Waals surface area (Å²) in [5, 5.41) is 3.25. The fourth-order valence-corrected chi connectivity index (χ4v) is 2.44. The molecule has 2 rings (SSSR count). The lowest BCUT2D eigenvalue weighted by molar-refractivity contribution is -0.123. The highest BCUT2D eigenvalue weighted by molar-refractivity contribution is 6.34. The van der Waals surface area contributed by atoms with Gasteiger partial charge in [0.15, 0.2) is 0 Å². The predicted molar refractivity (Wildman–Crippen MR) is 84.3 cm³/mol. The van der Waals surface area contributed by atoms with E-state index in [1.54, 1.807) is 29.2 Å². The highest BCUT2D eigenvalue weighted by Gasteiger charge is 2.33. The molecule has 1 fully saturated rings. The van der Waals surface area contributed by atoms with Gasteiger partial charge in [-0.2, -0.15) is 0 Å². The first-order chi connectivity index (χ1) is 10.1. The molecule has 2 amide bonds. The summed E-state index contributed by atoms with van der Waals surface area (Å²) in [7, 11) is 0. The summed E-state index contributed by atoms with van der Waals surface area (Å²) in [6.45, 7) is 2.41. The highest BCUT2D eigenvalue weighted by atomic mass is 35.5. The van der Waals surface area contributed by atoms with Crippen LogP contribution < -0.4 is 10.2 Å². The Labute approximate surface area is 129 Å². The molecule has 1 saturated heterocycles. The van der Waals surface area contributed by atoms with E-state index in [2.05, 4.69) is 5.32 Å². The van der Waals surface area contributed by atoms with Crippen LogP contribution in [0.15, 0.2) is 48.6 Å². The Kier molecular flexibility index (Phi) is 5.17. The lowest BCUT2D eigenvalue weighted by Crippen LogP contribution is -2.40. The number of allylic oxidation sites excluding steroid dienone is 3. The zero-order valence-corrected chi connectivity index (χ0v) is 12.5. The van der Waals surface area contributed by atoms with Gasteiger partial charge in [0.2, 0.25) is 11.8 Å². The van der Waals surface area contributed by atoms with Crippen LogP contribution in [-0.2, 0) is 9.59 Å². The van der Waals surface area contributed by atoms with Crippen molar-refractivity contribution in [1.29, 1.82) is 0 Å². The van der Waals surface area contributed by atoms with Crippen LogP contribution in [0.2, 0.25) is 5.02 Å². The number of hydrogen-bond acceptors (Lipinski definition) is 2. The maximum Gasteiger partial charge on any atom is 0.249 e. The number of nitrogens with one attached hydrogen (secondary N) is 1. The van der Waals surface area contributed by atoms with E-state index in [0.717, 1.165) is 0 Å². The highest BCUT2D eigenvalue weighted by Crippen LogP contribution is 2.28. The first-order valence-corrected chi connectivity index (χ1v) is 7.17. The van der Waals surface area contributed by atoms with Crippen molar-refractivity contribution >= 4 is 29.1 Å². The van der Waals surface area contributed by atoms with Gasteiger partial charge >= 0.3 is 0 Å². The maximum absolute atomic E-state index is 12.3. The van der Waals surface area contributed by atoms with E-state index in [0.29, 0.717) is 23.7 Å². The molecule has 4 nitrogen and oxygen atoms in total. The van der Waals surface area contributed by atoms with Gasteiger partial charge in [0.25, 0.3) is 0 Å². The molecule has 1 atom stereocenters. The van der Waals surface area contributed by atoms with E-state index in [-0.39, 0.29) is 11.8 Å². The topological polar surface area (TPSA) is 49.4 Å². The number of halogens is 1. The quantitative estimate of drug-likeness (QED) is 0.687. The SMILES string of the molecule is C/C=C/C=C/C(=O)N[C@@H]1CCN(c2ccccc2Cl)C1=O. The molecule has 1 aromatic rings. The minimum absolute atomic E-state index is 0.129. The molecule has 0 spiro atoms. The number of amides is 2. The summed E-state index contributed by atoms with van der Waals surface area (Å²) in [5.74, 6) is -0.400. The molecule has 21 heavy (non-hydrogen) atoms. The summed E-state index contributed by atoms with van der Waals surface area (Å²) < 4.78 is 0. The van der Waals surface area contributed by atoms with Crippen LogP contribution in [0.1, 0.15) is 13.3 Å². The Bertz CT molecular complexity index is 596. The minimum atomic E-state index is -0.496. The third-order valence-electron chi connectivity index (χ3n) is 3.22. The van der Waals surface area contributed by atoms with Crippen molar-refractivity contribution in [3.63, 3.8) is 0 Å². The smallest absolute Gasteiger partial charge is 0.249 e. The van der Waals surface area contributed by atoms with E-state index in [1.807, 2.05) is 25.1 Å². The Morgan fingerprint density at radius 1 is 1.38 bits per heavy atom. The molecule has 0 bridgehead atoms. The normalized spacial score (nSPS) is 18.9. The molecule has 1 aliphatic rings. The molecule has 1 heterocycles. The van der Waals surface area contributed by atoms with Gasteiger partial charge in [-0.25, -0.2) is 0 Å². The Balaban J connectivity index is 2.02. The average molecular weight is 305 g/mol. The van der Waals surface area contributed by atoms with E-state index in [1.165, 1.54) is 6.08 Å². The largest absolute Gasteiger partial charge is 0.341 e. The number of rotatable bonds is 4. The molecule has 5 heteroatoms. The molecule has 1 aromatic carbocycles. The first kappa shape index (κ1) is 15.3. The standard InChI is InChI=1S/C16H17ClN2O2/c1-2-3-4-9-15(20)18-13-10-11-19(16(13)21)14-8-6-5-7-12(14)17/h2-9,13H,10-11H2,1H3,(H,18,20)/b3-2+,9-4+/t13-/m1/s1. The van der Waals surface area contributed by atoms with Crippen molar-refractivity contribution in [1.82, 2.24) is 5.32 Å². The van der Waals surface area contributed by atoms with Crippen molar-refractivity contribution in [2.45, 2.75) is 19.4 Å². The fourth-order valence-electron chi connectivity index (χ4n) is 2.20. The monoisotopic (exact) mass is 304 g/mol. The van der Waals surface area contributed by atoms with Gasteiger partial charge in [0.1, 0.15) is 6.04 Å². The minimum Gasteiger partial charge on any atom is -0.341 e. The predicted octanol–water partition coefficient (Wildman–Crippen LogP) is 2.69. The van der Waals surface area contributed by atoms with Crippen molar-refractivity contribution in [3.8, 4) is 0 Å². The van der Waals surface area contributed by atoms with Crippen LogP contribution in [0.4, 0.5) is 5.69 Å². The first-order valence-electron chi connectivity index (χ1n) is 6.79. The summed E-state index contributed by atoms with van der Waals surface area (Å²) in [6, 6.07) is 6.70. The zero-order chi connectivity index (χ0) is 15.2. The van der Waals surface area contributed by atoms with Crippen molar-refractivity contribution in [2.24, 2.45) is 0 Å². The van der Waals surface area contributed by atoms with Crippen molar-refractivity contribution in [2.75, 3.05) is 11.4 Å². The van der Waals surface area contributed by atoms with Crippen LogP contribution in [0, 0.1) is 0 Å². The summed E-state index contributed by atoms with van der Waals surface area (Å²) in [6.07, 6.45) is 7.20. The van der Waals surface area contributed by atoms with Gasteiger partial charge in [-0.05, 0) is 25.5 Å². The number of nitrogens with zero attached hydrogens (tertiary/aromatic N) is 1. The number of anilines is 1. The summed E-state index contributed by atoms with van der Waals surface area (Å²) in [4.78, 5) is 25.7. The van der Waals surface area contributed by atoms with Crippen LogP contribution in [-0.4, -0.2) is 24.4 Å². The second-order valence-corrected chi connectivity index (χ2v) is 5.08. The van der Waals surface area contributed by atoms with E-state index in [9.17, 15) is 9.59 Å². The van der Waals surface area contributed by atoms with Crippen LogP contribution in [0.3, 0.4) is 0 Å². The molecular formula is C16H17ClN2O2. The van der Waals surface area contributed by atoms with E-state index < -0.39 is 6.04 Å². The molecule has 0 radical (unpaired) electrons. The average Bonchev–Trinajstić information content (AvgIpc) is 2.81. The van der Waals surface area contributed by atoms with Gasteiger partial charge in [-0.3, -0.25) is 9.59 Å². The van der Waals surface area contributed by atoms with Crippen LogP contribution in [0.25, 0.3) is 0 Å². The number of para-hydroxylation sites is 1. The van der Waals surface area contributed by atoms with Crippen LogP contribution in [0.5, 0.6) is 0 Å². The zero-order valence-electron chi connectivity index (χ0n) is 11.8. The van der Waals surface area contributed by atoms with Crippen LogP contribution >= 0.6 is 11.6 Å². The second kappa shape index (κ2) is 7.09. The summed E-state index contributed by atoms with van der Waals surface area (Å²) >= 11 is 6.11. The van der Waals surface area contributed by atoms with Gasteiger partial charge in [-0.15, -0.1) is 0 Å². The van der Waals surface area contributed by atoms with Gasteiger partial charge < -0.3 is 10.2 Å². The maximum atomic E-state index is 12.3. The molecular weight excluding hydrogens is 288 g/mol. The Hall–Kier alpha value is -2.07. The van der Waals surface area contributed by atoms with Gasteiger partial charge in [0, 0.05) is 12.6 Å². The number of benzene rings is 1. The molecule has 1 aliphatic heterocycles. The Morgan fingerprint density at radius 2 is 2.14 bits per heavy atom. The number of hydrogen-bond donors (Lipinski definition) is 1. The fraction of sp³-hybridized carbons (Fsp3) is 0.250. The summed E-state index contributed by atoms with van der Waals surface area (Å²) in [5.41, 5.74) is 0.686. The number of carbonyl (C=O) groups excluding carboxylic acids is 2. The van der Waals surface area contributed by atoms with Crippen molar-refractivity contribution < 1.29 is 9.59 Å². The lowest BCUT2D eigenvalue weighted by Gasteiger charge is -2.18. The van der Waals surface area contributed by atoms with E-state index in [4.69, 9.17) is 11.6 Å². The van der Waals surface area contributed by atoms with Gasteiger partial charge in [0.05, 0.1) is 10.7 Å². The molecule has 0 saturated carbocycles. The third kappa shape index (κ3) is 3.73. The Morgan fingerprint density at radius 3 is 2.86 bits per heavy atom. The van der Waals surface area contributed by atoms with Gasteiger partial charge in [-0.1, -0.05) is 42.0 Å². The lowest BCUT2D eigenvalue weighted by atomic mass is 10.2. The number of carbonyl (C=O) groups is 2. The molecule has 1 N–H and O–H groups in total. The third-order valence-corrected chi connectivity index (χ3v) is 3.54. The molecule has 110 valence electrons. The molecule has 0 aliphatic carbocycles.